The molecule has 2 aromatic heterocycles. The van der Waals surface area contributed by atoms with Gasteiger partial charge in [0, 0.05) is 18.6 Å². The lowest BCUT2D eigenvalue weighted by molar-refractivity contribution is 0.0824. The van der Waals surface area contributed by atoms with Crippen molar-refractivity contribution < 1.29 is 14.3 Å². The topological polar surface area (TPSA) is 104 Å². The Morgan fingerprint density at radius 3 is 2.48 bits per heavy atom. The van der Waals surface area contributed by atoms with Crippen molar-refractivity contribution in [3.8, 4) is 5.75 Å². The van der Waals surface area contributed by atoms with Crippen LogP contribution in [0, 0.1) is 19.8 Å². The van der Waals surface area contributed by atoms with Crippen LogP contribution in [0.1, 0.15) is 47.3 Å². The molecule has 10 heteroatoms. The predicted molar refractivity (Wildman–Crippen MR) is 126 cm³/mol. The van der Waals surface area contributed by atoms with Crippen LogP contribution in [0.4, 0.5) is 17.3 Å². The van der Waals surface area contributed by atoms with Gasteiger partial charge in [0.25, 0.3) is 5.91 Å². The summed E-state index contributed by atoms with van der Waals surface area (Å²) in [5.74, 6) is 2.46. The number of halogens is 1. The van der Waals surface area contributed by atoms with Gasteiger partial charge in [-0.2, -0.15) is 8.75 Å². The van der Waals surface area contributed by atoms with Gasteiger partial charge < -0.3 is 25.1 Å². The van der Waals surface area contributed by atoms with Gasteiger partial charge >= 0.3 is 0 Å². The Morgan fingerprint density at radius 1 is 1.23 bits per heavy atom. The van der Waals surface area contributed by atoms with Crippen molar-refractivity contribution >= 4 is 50.9 Å². The molecule has 1 amide bonds. The van der Waals surface area contributed by atoms with Crippen LogP contribution in [0.15, 0.2) is 27.1 Å². The van der Waals surface area contributed by atoms with Crippen LogP contribution >= 0.6 is 27.7 Å². The molecule has 0 unspecified atom stereocenters. The van der Waals surface area contributed by atoms with Crippen molar-refractivity contribution in [1.29, 1.82) is 0 Å². The minimum absolute atomic E-state index is 0.110. The molecule has 3 rings (SSSR count). The molecule has 0 aliphatic rings. The molecule has 1 aromatic carbocycles. The molecule has 0 aliphatic heterocycles. The van der Waals surface area contributed by atoms with E-state index in [-0.39, 0.29) is 29.2 Å². The van der Waals surface area contributed by atoms with Crippen LogP contribution in [0.3, 0.4) is 0 Å². The van der Waals surface area contributed by atoms with E-state index in [1.807, 2.05) is 19.9 Å². The van der Waals surface area contributed by atoms with Gasteiger partial charge in [0.05, 0.1) is 29.0 Å². The zero-order valence-corrected chi connectivity index (χ0v) is 20.7. The summed E-state index contributed by atoms with van der Waals surface area (Å²) in [6.45, 7) is 8.14. The van der Waals surface area contributed by atoms with Crippen molar-refractivity contribution in [2.75, 3.05) is 24.7 Å². The SMILES string of the molecule is Cc1cc([C@H](Nc2nsnc2Nc2ccc(Br)c(C(=O)N(C)C)c2O)C(C)C)oc1C. The van der Waals surface area contributed by atoms with Crippen LogP contribution in [0.25, 0.3) is 0 Å². The molecule has 0 bridgehead atoms. The number of aromatic hydroxyl groups is 1. The zero-order chi connectivity index (χ0) is 22.9. The molecule has 0 saturated heterocycles. The molecule has 0 aliphatic carbocycles. The highest BCUT2D eigenvalue weighted by Gasteiger charge is 2.25. The summed E-state index contributed by atoms with van der Waals surface area (Å²) in [6, 6.07) is 5.30. The summed E-state index contributed by atoms with van der Waals surface area (Å²) in [6.07, 6.45) is 0. The molecule has 0 fully saturated rings. The van der Waals surface area contributed by atoms with Gasteiger partial charge in [-0.15, -0.1) is 0 Å². The highest BCUT2D eigenvalue weighted by Crippen LogP contribution is 2.38. The summed E-state index contributed by atoms with van der Waals surface area (Å²) in [4.78, 5) is 13.9. The summed E-state index contributed by atoms with van der Waals surface area (Å²) in [7, 11) is 3.26. The van der Waals surface area contributed by atoms with E-state index in [1.54, 1.807) is 26.2 Å². The Balaban J connectivity index is 1.90. The number of nitrogens with zero attached hydrogens (tertiary/aromatic N) is 3. The maximum atomic E-state index is 12.5. The van der Waals surface area contributed by atoms with Gasteiger partial charge in [-0.1, -0.05) is 13.8 Å². The number of carbonyl (C=O) groups excluding carboxylic acids is 1. The minimum atomic E-state index is -0.314. The number of aromatic nitrogens is 2. The van der Waals surface area contributed by atoms with Crippen molar-refractivity contribution in [2.24, 2.45) is 5.92 Å². The van der Waals surface area contributed by atoms with Crippen LogP contribution in [-0.2, 0) is 0 Å². The van der Waals surface area contributed by atoms with Crippen LogP contribution in [0.5, 0.6) is 5.75 Å². The Bertz CT molecular complexity index is 1070. The van der Waals surface area contributed by atoms with Gasteiger partial charge in [0.2, 0.25) is 0 Å². The van der Waals surface area contributed by atoms with Crippen molar-refractivity contribution in [3.63, 3.8) is 0 Å². The number of hydrogen-bond donors (Lipinski definition) is 3. The second-order valence-electron chi connectivity index (χ2n) is 7.86. The lowest BCUT2D eigenvalue weighted by atomic mass is 10.0. The summed E-state index contributed by atoms with van der Waals surface area (Å²) in [5.41, 5.74) is 1.62. The Labute approximate surface area is 194 Å². The molecular weight excluding hydrogens is 482 g/mol. The first kappa shape index (κ1) is 23.1. The zero-order valence-electron chi connectivity index (χ0n) is 18.3. The van der Waals surface area contributed by atoms with E-state index in [0.717, 1.165) is 28.8 Å². The fourth-order valence-electron chi connectivity index (χ4n) is 3.06. The number of benzene rings is 1. The third kappa shape index (κ3) is 4.85. The maximum absolute atomic E-state index is 12.5. The molecule has 8 nitrogen and oxygen atoms in total. The maximum Gasteiger partial charge on any atom is 0.258 e. The molecule has 31 heavy (non-hydrogen) atoms. The molecule has 0 saturated carbocycles. The molecule has 2 heterocycles. The van der Waals surface area contributed by atoms with Gasteiger partial charge in [-0.25, -0.2) is 0 Å². The van der Waals surface area contributed by atoms with Crippen molar-refractivity contribution in [2.45, 2.75) is 33.7 Å². The molecule has 3 N–H and O–H groups in total. The van der Waals surface area contributed by atoms with Crippen molar-refractivity contribution in [3.05, 3.63) is 45.3 Å². The molecule has 0 radical (unpaired) electrons. The number of amides is 1. The Kier molecular flexibility index (Phi) is 6.90. The van der Waals surface area contributed by atoms with E-state index in [1.165, 1.54) is 4.90 Å². The third-order valence-electron chi connectivity index (χ3n) is 4.94. The average molecular weight is 508 g/mol. The first-order valence-corrected chi connectivity index (χ1v) is 11.3. The van der Waals surface area contributed by atoms with E-state index in [9.17, 15) is 9.90 Å². The minimum Gasteiger partial charge on any atom is -0.505 e. The number of anilines is 3. The Morgan fingerprint density at radius 2 is 1.90 bits per heavy atom. The largest absolute Gasteiger partial charge is 0.505 e. The summed E-state index contributed by atoms with van der Waals surface area (Å²) < 4.78 is 15.1. The molecular formula is C21H26BrN5O3S. The number of aryl methyl sites for hydroxylation is 2. The van der Waals surface area contributed by atoms with E-state index in [0.29, 0.717) is 21.8 Å². The number of rotatable bonds is 7. The lowest BCUT2D eigenvalue weighted by Crippen LogP contribution is -2.22. The fourth-order valence-corrected chi connectivity index (χ4v) is 4.02. The summed E-state index contributed by atoms with van der Waals surface area (Å²) in [5, 5.41) is 17.2. The molecule has 166 valence electrons. The highest BCUT2D eigenvalue weighted by molar-refractivity contribution is 9.10. The van der Waals surface area contributed by atoms with Crippen LogP contribution in [-0.4, -0.2) is 38.8 Å². The number of hydrogen-bond acceptors (Lipinski definition) is 8. The number of phenols is 1. The second kappa shape index (κ2) is 9.27. The van der Waals surface area contributed by atoms with E-state index >= 15 is 0 Å². The molecule has 0 spiro atoms. The number of phenolic OH excluding ortho intramolecular Hbond substituents is 1. The standard InChI is InChI=1S/C21H26BrN5O3S/c1-10(2)17(15-9-11(3)12(4)30-15)24-20-19(25-31-26-20)23-14-8-7-13(22)16(18(14)28)21(29)27(5)6/h7-10,17,28H,1-6H3,(H,23,25)(H,24,26)/t17-/m1/s1. The first-order chi connectivity index (χ1) is 14.6. The van der Waals surface area contributed by atoms with Gasteiger partial charge in [-0.05, 0) is 59.5 Å². The molecule has 1 atom stereocenters. The van der Waals surface area contributed by atoms with Crippen molar-refractivity contribution in [1.82, 2.24) is 13.6 Å². The molecule has 3 aromatic rings. The number of carbonyl (C=O) groups is 1. The van der Waals surface area contributed by atoms with E-state index in [2.05, 4.69) is 49.2 Å². The second-order valence-corrected chi connectivity index (χ2v) is 9.24. The highest BCUT2D eigenvalue weighted by atomic mass is 79.9. The summed E-state index contributed by atoms with van der Waals surface area (Å²) >= 11 is 4.39. The van der Waals surface area contributed by atoms with Crippen LogP contribution < -0.4 is 10.6 Å². The normalized spacial score (nSPS) is 12.1. The quantitative estimate of drug-likeness (QED) is 0.364. The number of nitrogens with one attached hydrogen (secondary N) is 2. The van der Waals surface area contributed by atoms with E-state index < -0.39 is 0 Å². The Hall–Kier alpha value is -2.59. The third-order valence-corrected chi connectivity index (χ3v) is 6.13. The fraction of sp³-hybridized carbons (Fsp3) is 0.381. The first-order valence-electron chi connectivity index (χ1n) is 9.76. The smallest absolute Gasteiger partial charge is 0.258 e. The monoisotopic (exact) mass is 507 g/mol. The predicted octanol–water partition coefficient (Wildman–Crippen LogP) is 5.47. The number of furan rings is 1. The lowest BCUT2D eigenvalue weighted by Gasteiger charge is -2.21. The van der Waals surface area contributed by atoms with Crippen LogP contribution in [0.2, 0.25) is 0 Å². The van der Waals surface area contributed by atoms with E-state index in [4.69, 9.17) is 4.42 Å². The van der Waals surface area contributed by atoms with Gasteiger partial charge in [-0.3, -0.25) is 4.79 Å². The average Bonchev–Trinajstić information content (AvgIpc) is 3.27. The van der Waals surface area contributed by atoms with Gasteiger partial charge in [0.15, 0.2) is 17.4 Å². The van der Waals surface area contributed by atoms with Gasteiger partial charge in [0.1, 0.15) is 11.5 Å².